The second kappa shape index (κ2) is 9.56. The minimum Gasteiger partial charge on any atom is -0.369 e. The molecule has 3 rings (SSSR count). The van der Waals surface area contributed by atoms with Crippen LogP contribution in [0, 0.1) is 11.7 Å². The normalized spacial score (nSPS) is 12.1. The summed E-state index contributed by atoms with van der Waals surface area (Å²) in [7, 11) is 0. The Labute approximate surface area is 172 Å². The maximum absolute atomic E-state index is 13.1. The molecule has 152 valence electrons. The van der Waals surface area contributed by atoms with E-state index in [-0.39, 0.29) is 24.8 Å². The molecule has 3 N–H and O–H groups in total. The van der Waals surface area contributed by atoms with Crippen molar-refractivity contribution in [3.8, 4) is 0 Å². The minimum atomic E-state index is -0.574. The van der Waals surface area contributed by atoms with Crippen molar-refractivity contribution in [1.82, 2.24) is 14.9 Å². The maximum atomic E-state index is 13.1. The van der Waals surface area contributed by atoms with Gasteiger partial charge in [-0.05, 0) is 42.5 Å². The molecule has 0 aliphatic carbocycles. The number of nitrogens with one attached hydrogen (secondary N) is 1. The number of thioether (sulfide) groups is 1. The second-order valence-corrected chi connectivity index (χ2v) is 7.64. The molecule has 0 bridgehead atoms. The first kappa shape index (κ1) is 20.9. The summed E-state index contributed by atoms with van der Waals surface area (Å²) >= 11 is 1.63. The van der Waals surface area contributed by atoms with E-state index in [2.05, 4.69) is 10.3 Å². The molecule has 1 heterocycles. The van der Waals surface area contributed by atoms with Crippen LogP contribution in [0.3, 0.4) is 0 Å². The van der Waals surface area contributed by atoms with Crippen molar-refractivity contribution < 1.29 is 14.0 Å². The molecule has 3 aromatic rings. The van der Waals surface area contributed by atoms with Crippen molar-refractivity contribution in [2.75, 3.05) is 12.8 Å². The number of benzene rings is 2. The number of primary amides is 1. The first-order valence-electron chi connectivity index (χ1n) is 9.21. The number of imidazole rings is 1. The zero-order chi connectivity index (χ0) is 20.8. The Bertz CT molecular complexity index is 1000. The molecule has 0 radical (unpaired) electrons. The van der Waals surface area contributed by atoms with E-state index in [1.165, 1.54) is 12.1 Å². The molecule has 2 aromatic carbocycles. The van der Waals surface area contributed by atoms with E-state index in [1.807, 2.05) is 35.1 Å². The highest BCUT2D eigenvalue weighted by molar-refractivity contribution is 7.97. The zero-order valence-corrected chi connectivity index (χ0v) is 16.9. The number of halogens is 1. The Morgan fingerprint density at radius 2 is 1.93 bits per heavy atom. The van der Waals surface area contributed by atoms with E-state index >= 15 is 0 Å². The summed E-state index contributed by atoms with van der Waals surface area (Å²) in [6.07, 6.45) is 2.32. The average Bonchev–Trinajstić information content (AvgIpc) is 3.04. The Morgan fingerprint density at radius 3 is 2.62 bits per heavy atom. The Morgan fingerprint density at radius 1 is 1.21 bits per heavy atom. The summed E-state index contributed by atoms with van der Waals surface area (Å²) < 4.78 is 14.9. The summed E-state index contributed by atoms with van der Waals surface area (Å²) in [5.74, 6) is -0.129. The van der Waals surface area contributed by atoms with Gasteiger partial charge in [0.15, 0.2) is 0 Å². The van der Waals surface area contributed by atoms with Gasteiger partial charge in [0, 0.05) is 6.54 Å². The molecular formula is C21H23FN4O2S. The van der Waals surface area contributed by atoms with Gasteiger partial charge >= 0.3 is 0 Å². The molecule has 0 saturated heterocycles. The van der Waals surface area contributed by atoms with Crippen molar-refractivity contribution in [2.24, 2.45) is 11.7 Å². The van der Waals surface area contributed by atoms with Gasteiger partial charge in [0.25, 0.3) is 0 Å². The number of para-hydroxylation sites is 2. The van der Waals surface area contributed by atoms with Gasteiger partial charge in [0.1, 0.15) is 18.2 Å². The van der Waals surface area contributed by atoms with Crippen LogP contribution < -0.4 is 11.1 Å². The smallest absolute Gasteiger partial charge is 0.240 e. The third-order valence-electron chi connectivity index (χ3n) is 4.65. The number of carbonyl (C=O) groups excluding carboxylic acids is 2. The predicted octanol–water partition coefficient (Wildman–Crippen LogP) is 2.50. The van der Waals surface area contributed by atoms with Crippen LogP contribution >= 0.6 is 11.8 Å². The van der Waals surface area contributed by atoms with Gasteiger partial charge in [0.2, 0.25) is 11.8 Å². The van der Waals surface area contributed by atoms with Gasteiger partial charge < -0.3 is 15.6 Å². The number of nitrogens with zero attached hydrogens (tertiary/aromatic N) is 2. The highest BCUT2D eigenvalue weighted by Gasteiger charge is 2.19. The largest absolute Gasteiger partial charge is 0.369 e. The molecule has 0 saturated carbocycles. The van der Waals surface area contributed by atoms with Crippen molar-refractivity contribution in [1.29, 1.82) is 0 Å². The first-order chi connectivity index (χ1) is 14.0. The van der Waals surface area contributed by atoms with Crippen molar-refractivity contribution >= 4 is 34.6 Å². The fourth-order valence-corrected chi connectivity index (χ4v) is 3.63. The van der Waals surface area contributed by atoms with Crippen molar-refractivity contribution in [3.05, 3.63) is 65.7 Å². The van der Waals surface area contributed by atoms with Crippen LogP contribution in [0.25, 0.3) is 11.0 Å². The summed E-state index contributed by atoms with van der Waals surface area (Å²) in [5, 5.41) is 2.80. The number of fused-ring (bicyclic) bond motifs is 1. The second-order valence-electron chi connectivity index (χ2n) is 6.77. The molecule has 1 aromatic heterocycles. The molecular weight excluding hydrogens is 391 g/mol. The number of amides is 2. The van der Waals surface area contributed by atoms with E-state index in [1.54, 1.807) is 23.9 Å². The van der Waals surface area contributed by atoms with Gasteiger partial charge in [-0.15, -0.1) is 0 Å². The quantitative estimate of drug-likeness (QED) is 0.563. The summed E-state index contributed by atoms with van der Waals surface area (Å²) in [6.45, 7) is 0.231. The highest BCUT2D eigenvalue weighted by atomic mass is 32.2. The van der Waals surface area contributed by atoms with E-state index in [0.29, 0.717) is 12.2 Å². The molecule has 0 fully saturated rings. The van der Waals surface area contributed by atoms with Crippen molar-refractivity contribution in [3.63, 3.8) is 0 Å². The number of hydrogen-bond donors (Lipinski definition) is 2. The van der Waals surface area contributed by atoms with Gasteiger partial charge in [-0.1, -0.05) is 24.3 Å². The van der Waals surface area contributed by atoms with Crippen LogP contribution in [-0.2, 0) is 28.3 Å². The lowest BCUT2D eigenvalue weighted by atomic mass is 9.98. The van der Waals surface area contributed by atoms with Crippen LogP contribution in [0.1, 0.15) is 11.4 Å². The number of nitrogens with two attached hydrogens (primary N) is 1. The maximum Gasteiger partial charge on any atom is 0.240 e. The summed E-state index contributed by atoms with van der Waals surface area (Å²) in [4.78, 5) is 29.0. The monoisotopic (exact) mass is 414 g/mol. The molecule has 1 unspecified atom stereocenters. The lowest BCUT2D eigenvalue weighted by Crippen LogP contribution is -2.38. The van der Waals surface area contributed by atoms with Crippen LogP contribution in [0.5, 0.6) is 0 Å². The van der Waals surface area contributed by atoms with E-state index < -0.39 is 11.8 Å². The Kier molecular flexibility index (Phi) is 6.87. The summed E-state index contributed by atoms with van der Waals surface area (Å²) in [5.41, 5.74) is 8.01. The topological polar surface area (TPSA) is 90.0 Å². The van der Waals surface area contributed by atoms with Gasteiger partial charge in [-0.25, -0.2) is 9.37 Å². The molecule has 29 heavy (non-hydrogen) atoms. The fraction of sp³-hybridized carbons (Fsp3) is 0.286. The van der Waals surface area contributed by atoms with Crippen LogP contribution in [0.4, 0.5) is 4.39 Å². The molecule has 0 aliphatic rings. The number of aromatic nitrogens is 2. The van der Waals surface area contributed by atoms with Crippen LogP contribution in [0.15, 0.2) is 48.5 Å². The third kappa shape index (κ3) is 5.35. The Hall–Kier alpha value is -2.87. The number of carbonyl (C=O) groups is 2. The molecule has 6 nitrogen and oxygen atoms in total. The lowest BCUT2D eigenvalue weighted by Gasteiger charge is -2.15. The predicted molar refractivity (Wildman–Crippen MR) is 113 cm³/mol. The zero-order valence-electron chi connectivity index (χ0n) is 16.1. The molecule has 8 heteroatoms. The van der Waals surface area contributed by atoms with Crippen molar-refractivity contribution in [2.45, 2.75) is 18.7 Å². The van der Waals surface area contributed by atoms with Gasteiger partial charge in [-0.3, -0.25) is 9.59 Å². The average molecular weight is 415 g/mol. The molecule has 0 spiro atoms. The molecule has 1 atom stereocenters. The van der Waals surface area contributed by atoms with E-state index in [9.17, 15) is 14.0 Å². The Balaban J connectivity index is 1.66. The number of rotatable bonds is 9. The molecule has 2 amide bonds. The third-order valence-corrected chi connectivity index (χ3v) is 5.20. The molecule has 0 aliphatic heterocycles. The van der Waals surface area contributed by atoms with Crippen LogP contribution in [-0.4, -0.2) is 34.2 Å². The lowest BCUT2D eigenvalue weighted by molar-refractivity contribution is -0.123. The summed E-state index contributed by atoms with van der Waals surface area (Å²) in [6, 6.07) is 13.6. The minimum absolute atomic E-state index is 0.110. The van der Waals surface area contributed by atoms with E-state index in [4.69, 9.17) is 5.73 Å². The van der Waals surface area contributed by atoms with E-state index in [0.717, 1.165) is 22.4 Å². The highest BCUT2D eigenvalue weighted by Crippen LogP contribution is 2.19. The van der Waals surface area contributed by atoms with Gasteiger partial charge in [-0.2, -0.15) is 11.8 Å². The fourth-order valence-electron chi connectivity index (χ4n) is 3.16. The van der Waals surface area contributed by atoms with Crippen LogP contribution in [0.2, 0.25) is 0 Å². The number of hydrogen-bond acceptors (Lipinski definition) is 4. The standard InChI is InChI=1S/C21H23FN4O2S/c1-29-13-19-25-17-4-2-3-5-18(17)26(19)12-20(27)24-11-15(21(23)28)10-14-6-8-16(22)9-7-14/h2-9,15H,10-13H2,1H3,(H2,23,28)(H,24,27). The first-order valence-corrected chi connectivity index (χ1v) is 10.6. The van der Waals surface area contributed by atoms with Gasteiger partial charge in [0.05, 0.1) is 22.7 Å². The SMILES string of the molecule is CSCc1nc2ccccc2n1CC(=O)NCC(Cc1ccc(F)cc1)C(N)=O.